The Labute approximate surface area is 138 Å². The van der Waals surface area contributed by atoms with Crippen molar-refractivity contribution >= 4 is 29.5 Å². The summed E-state index contributed by atoms with van der Waals surface area (Å²) in [4.78, 5) is 20.2. The predicted molar refractivity (Wildman–Crippen MR) is 89.8 cm³/mol. The van der Waals surface area contributed by atoms with Crippen LogP contribution in [0.2, 0.25) is 0 Å². The number of carbonyl (C=O) groups excluding carboxylic acids is 1. The minimum Gasteiger partial charge on any atom is -0.478 e. The van der Waals surface area contributed by atoms with Crippen LogP contribution < -0.4 is 10.1 Å². The van der Waals surface area contributed by atoms with Crippen LogP contribution in [0.15, 0.2) is 18.3 Å². The molecule has 0 atom stereocenters. The second-order valence-corrected chi connectivity index (χ2v) is 6.64. The van der Waals surface area contributed by atoms with Crippen LogP contribution in [0, 0.1) is 10.9 Å². The van der Waals surface area contributed by atoms with Gasteiger partial charge < -0.3 is 15.0 Å². The Morgan fingerprint density at radius 1 is 1.50 bits per heavy atom. The van der Waals surface area contributed by atoms with Gasteiger partial charge in [-0.15, -0.1) is 11.3 Å². The average molecular weight is 337 g/mol. The number of aryl methyl sites for hydroxylation is 1. The van der Waals surface area contributed by atoms with E-state index >= 15 is 0 Å². The summed E-state index contributed by atoms with van der Waals surface area (Å²) in [6.45, 7) is 5.08. The van der Waals surface area contributed by atoms with Crippen LogP contribution >= 0.6 is 23.6 Å². The Balaban J connectivity index is 1.83. The van der Waals surface area contributed by atoms with E-state index in [0.717, 1.165) is 22.6 Å². The van der Waals surface area contributed by atoms with Gasteiger partial charge in [-0.1, -0.05) is 13.0 Å². The first-order chi connectivity index (χ1) is 10.6. The fourth-order valence-electron chi connectivity index (χ4n) is 1.82. The van der Waals surface area contributed by atoms with Gasteiger partial charge in [-0.25, -0.2) is 4.98 Å². The fraction of sp³-hybridized carbons (Fsp3) is 0.400. The topological polar surface area (TPSA) is 67.0 Å². The molecule has 2 N–H and O–H groups in total. The molecule has 0 saturated heterocycles. The van der Waals surface area contributed by atoms with Gasteiger partial charge >= 0.3 is 0 Å². The maximum Gasteiger partial charge on any atom is 0.225 e. The minimum absolute atomic E-state index is 0.0281. The number of ether oxygens (including phenoxy) is 1. The van der Waals surface area contributed by atoms with Crippen molar-refractivity contribution in [2.45, 2.75) is 33.2 Å². The third-order valence-corrected chi connectivity index (χ3v) is 4.32. The van der Waals surface area contributed by atoms with E-state index in [1.165, 1.54) is 11.3 Å². The fourth-order valence-corrected chi connectivity index (χ4v) is 3.11. The molecular formula is C15H19N3O2S2. The molecule has 0 spiro atoms. The maximum atomic E-state index is 12.0. The first-order valence-electron chi connectivity index (χ1n) is 7.11. The summed E-state index contributed by atoms with van der Waals surface area (Å²) in [6, 6.07) is 3.72. The summed E-state index contributed by atoms with van der Waals surface area (Å²) in [7, 11) is 0. The van der Waals surface area contributed by atoms with Gasteiger partial charge in [0.2, 0.25) is 11.8 Å². The molecule has 0 aliphatic heterocycles. The zero-order chi connectivity index (χ0) is 15.9. The normalized spacial score (nSPS) is 10.5. The van der Waals surface area contributed by atoms with Gasteiger partial charge in [-0.2, -0.15) is 0 Å². The minimum atomic E-state index is -0.0281. The van der Waals surface area contributed by atoms with Crippen LogP contribution in [0.3, 0.4) is 0 Å². The van der Waals surface area contributed by atoms with Gasteiger partial charge in [0.15, 0.2) is 3.95 Å². The Morgan fingerprint density at radius 2 is 2.32 bits per heavy atom. The molecule has 0 bridgehead atoms. The lowest BCUT2D eigenvalue weighted by atomic mass is 10.2. The quantitative estimate of drug-likeness (QED) is 0.762. The van der Waals surface area contributed by atoms with E-state index in [2.05, 4.69) is 15.3 Å². The van der Waals surface area contributed by atoms with Gasteiger partial charge in [0.05, 0.1) is 13.0 Å². The molecule has 5 nitrogen and oxygen atoms in total. The lowest BCUT2D eigenvalue weighted by molar-refractivity contribution is -0.120. The molecule has 0 aliphatic carbocycles. The number of H-pyrrole nitrogens is 1. The summed E-state index contributed by atoms with van der Waals surface area (Å²) >= 11 is 6.51. The largest absolute Gasteiger partial charge is 0.478 e. The molecule has 2 rings (SSSR count). The Kier molecular flexibility index (Phi) is 6.09. The van der Waals surface area contributed by atoms with Gasteiger partial charge in [0, 0.05) is 29.4 Å². The van der Waals surface area contributed by atoms with E-state index in [1.807, 2.05) is 26.0 Å². The van der Waals surface area contributed by atoms with Crippen LogP contribution in [0.4, 0.5) is 0 Å². The highest BCUT2D eigenvalue weighted by molar-refractivity contribution is 7.73. The monoisotopic (exact) mass is 337 g/mol. The molecule has 2 aromatic heterocycles. The van der Waals surface area contributed by atoms with Crippen LogP contribution in [0.5, 0.6) is 5.88 Å². The second kappa shape index (κ2) is 8.05. The summed E-state index contributed by atoms with van der Waals surface area (Å²) in [5, 5.41) is 2.89. The number of hydrogen-bond donors (Lipinski definition) is 2. The molecule has 1 amide bonds. The van der Waals surface area contributed by atoms with Crippen LogP contribution in [0.1, 0.15) is 29.5 Å². The van der Waals surface area contributed by atoms with Crippen molar-refractivity contribution in [1.29, 1.82) is 0 Å². The number of thiazole rings is 1. The third-order valence-electron chi connectivity index (χ3n) is 2.99. The third kappa shape index (κ3) is 4.92. The Bertz CT molecular complexity index is 677. The first kappa shape index (κ1) is 16.6. The van der Waals surface area contributed by atoms with Crippen molar-refractivity contribution in [2.75, 3.05) is 6.61 Å². The predicted octanol–water partition coefficient (Wildman–Crippen LogP) is 3.16. The van der Waals surface area contributed by atoms with Crippen molar-refractivity contribution in [1.82, 2.24) is 15.3 Å². The molecule has 2 aromatic rings. The molecule has 0 saturated carbocycles. The maximum absolute atomic E-state index is 12.0. The molecular weight excluding hydrogens is 318 g/mol. The zero-order valence-corrected chi connectivity index (χ0v) is 14.3. The van der Waals surface area contributed by atoms with Crippen molar-refractivity contribution < 1.29 is 9.53 Å². The number of aromatic amines is 1. The van der Waals surface area contributed by atoms with Gasteiger partial charge in [0.1, 0.15) is 0 Å². The highest BCUT2D eigenvalue weighted by atomic mass is 32.1. The van der Waals surface area contributed by atoms with Crippen LogP contribution in [-0.2, 0) is 17.8 Å². The SMILES string of the molecule is CCCOc1ccc(CNC(=O)Cc2sc(=S)[nH]c2C)cn1. The number of aromatic nitrogens is 2. The smallest absolute Gasteiger partial charge is 0.225 e. The molecule has 0 aliphatic rings. The van der Waals surface area contributed by atoms with Crippen molar-refractivity contribution in [3.63, 3.8) is 0 Å². The molecule has 22 heavy (non-hydrogen) atoms. The summed E-state index contributed by atoms with van der Waals surface area (Å²) in [5.74, 6) is 0.583. The van der Waals surface area contributed by atoms with E-state index in [0.29, 0.717) is 29.4 Å². The van der Waals surface area contributed by atoms with E-state index in [-0.39, 0.29) is 5.91 Å². The molecule has 2 heterocycles. The highest BCUT2D eigenvalue weighted by Crippen LogP contribution is 2.15. The molecule has 118 valence electrons. The highest BCUT2D eigenvalue weighted by Gasteiger charge is 2.08. The number of hydrogen-bond acceptors (Lipinski definition) is 5. The standard InChI is InChI=1S/C15H19N3O2S2/c1-3-6-20-14-5-4-11(9-17-14)8-16-13(19)7-12-10(2)18-15(21)22-12/h4-5,9H,3,6-8H2,1-2H3,(H,16,19)(H,18,21). The number of amides is 1. The van der Waals surface area contributed by atoms with Crippen molar-refractivity contribution in [2.24, 2.45) is 0 Å². The van der Waals surface area contributed by atoms with Crippen LogP contribution in [0.25, 0.3) is 0 Å². The number of nitrogens with zero attached hydrogens (tertiary/aromatic N) is 1. The van der Waals surface area contributed by atoms with E-state index in [1.54, 1.807) is 6.20 Å². The van der Waals surface area contributed by atoms with Gasteiger partial charge in [-0.3, -0.25) is 4.79 Å². The first-order valence-corrected chi connectivity index (χ1v) is 8.34. The number of carbonyl (C=O) groups is 1. The second-order valence-electron chi connectivity index (χ2n) is 4.87. The molecule has 0 unspecified atom stereocenters. The van der Waals surface area contributed by atoms with Crippen molar-refractivity contribution in [3.8, 4) is 5.88 Å². The summed E-state index contributed by atoms with van der Waals surface area (Å²) < 4.78 is 6.12. The van der Waals surface area contributed by atoms with E-state index in [4.69, 9.17) is 17.0 Å². The number of pyridine rings is 1. The number of nitrogens with one attached hydrogen (secondary N) is 2. The van der Waals surface area contributed by atoms with Gasteiger partial charge in [0.25, 0.3) is 0 Å². The van der Waals surface area contributed by atoms with E-state index < -0.39 is 0 Å². The lowest BCUT2D eigenvalue weighted by Gasteiger charge is -2.06. The van der Waals surface area contributed by atoms with Crippen molar-refractivity contribution in [3.05, 3.63) is 38.4 Å². The lowest BCUT2D eigenvalue weighted by Crippen LogP contribution is -2.24. The molecule has 0 fully saturated rings. The van der Waals surface area contributed by atoms with Gasteiger partial charge in [-0.05, 0) is 31.1 Å². The van der Waals surface area contributed by atoms with E-state index in [9.17, 15) is 4.79 Å². The number of rotatable bonds is 7. The molecule has 0 aromatic carbocycles. The Morgan fingerprint density at radius 3 is 2.91 bits per heavy atom. The Hall–Kier alpha value is -1.73. The summed E-state index contributed by atoms with van der Waals surface area (Å²) in [5.41, 5.74) is 1.90. The summed E-state index contributed by atoms with van der Waals surface area (Å²) in [6.07, 6.45) is 3.01. The molecule has 0 radical (unpaired) electrons. The average Bonchev–Trinajstić information content (AvgIpc) is 2.81. The van der Waals surface area contributed by atoms with Crippen LogP contribution in [-0.4, -0.2) is 22.5 Å². The zero-order valence-electron chi connectivity index (χ0n) is 12.6. The molecule has 7 heteroatoms.